The minimum atomic E-state index is -0.419. The van der Waals surface area contributed by atoms with Gasteiger partial charge in [0.25, 0.3) is 0 Å². The Hall–Kier alpha value is -0.540. The quantitative estimate of drug-likeness (QED) is 0.868. The molecule has 3 heteroatoms. The molecule has 0 heterocycles. The molecule has 1 fully saturated rings. The Labute approximate surface area is 124 Å². The summed E-state index contributed by atoms with van der Waals surface area (Å²) in [7, 11) is 1.66. The fraction of sp³-hybridized carbons (Fsp3) is 0.625. The molecule has 1 aromatic rings. The summed E-state index contributed by atoms with van der Waals surface area (Å²) >= 11 is 3.48. The van der Waals surface area contributed by atoms with Gasteiger partial charge in [0.15, 0.2) is 0 Å². The van der Waals surface area contributed by atoms with Gasteiger partial charge in [-0.05, 0) is 36.5 Å². The number of benzene rings is 1. The molecule has 19 heavy (non-hydrogen) atoms. The molecule has 1 saturated carbocycles. The second-order valence-electron chi connectivity index (χ2n) is 5.45. The number of ether oxygens (including phenoxy) is 1. The molecule has 1 aromatic carbocycles. The lowest BCUT2D eigenvalue weighted by atomic mass is 9.73. The van der Waals surface area contributed by atoms with Gasteiger partial charge in [0, 0.05) is 10.0 Å². The lowest BCUT2D eigenvalue weighted by Gasteiger charge is -2.35. The summed E-state index contributed by atoms with van der Waals surface area (Å²) in [4.78, 5) is 0. The number of halogens is 1. The molecule has 106 valence electrons. The van der Waals surface area contributed by atoms with Gasteiger partial charge in [0.1, 0.15) is 5.75 Å². The summed E-state index contributed by atoms with van der Waals surface area (Å²) in [5.41, 5.74) is 0.919. The van der Waals surface area contributed by atoms with E-state index >= 15 is 0 Å². The first-order chi connectivity index (χ1) is 9.17. The normalized spacial score (nSPS) is 25.1. The monoisotopic (exact) mass is 326 g/mol. The topological polar surface area (TPSA) is 29.5 Å². The fourth-order valence-corrected chi connectivity index (χ4v) is 3.70. The SMILES string of the molecule is CCC1CCCCC1C(O)c1cc(Br)ccc1OC. The number of aliphatic hydroxyl groups excluding tert-OH is 1. The highest BCUT2D eigenvalue weighted by Gasteiger charge is 2.32. The van der Waals surface area contributed by atoms with E-state index in [0.717, 1.165) is 28.6 Å². The molecule has 3 atom stereocenters. The van der Waals surface area contributed by atoms with Crippen molar-refractivity contribution in [3.63, 3.8) is 0 Å². The van der Waals surface area contributed by atoms with Crippen molar-refractivity contribution in [3.8, 4) is 5.75 Å². The number of hydrogen-bond acceptors (Lipinski definition) is 2. The van der Waals surface area contributed by atoms with Crippen molar-refractivity contribution in [1.82, 2.24) is 0 Å². The third-order valence-corrected chi connectivity index (χ3v) is 4.90. The first-order valence-electron chi connectivity index (χ1n) is 7.18. The maximum atomic E-state index is 10.8. The van der Waals surface area contributed by atoms with E-state index in [1.165, 1.54) is 19.3 Å². The van der Waals surface area contributed by atoms with Gasteiger partial charge in [-0.15, -0.1) is 0 Å². The molecule has 0 aromatic heterocycles. The van der Waals surface area contributed by atoms with Gasteiger partial charge in [-0.2, -0.15) is 0 Å². The highest BCUT2D eigenvalue weighted by Crippen LogP contribution is 2.42. The molecule has 1 aliphatic carbocycles. The summed E-state index contributed by atoms with van der Waals surface area (Å²) < 4.78 is 6.39. The van der Waals surface area contributed by atoms with Crippen LogP contribution in [0.5, 0.6) is 5.75 Å². The smallest absolute Gasteiger partial charge is 0.124 e. The van der Waals surface area contributed by atoms with Crippen LogP contribution >= 0.6 is 15.9 Å². The standard InChI is InChI=1S/C16H23BrO2/c1-3-11-6-4-5-7-13(11)16(18)14-10-12(17)8-9-15(14)19-2/h8-11,13,16,18H,3-7H2,1-2H3. The second-order valence-corrected chi connectivity index (χ2v) is 6.36. The van der Waals surface area contributed by atoms with Gasteiger partial charge in [-0.1, -0.05) is 48.5 Å². The van der Waals surface area contributed by atoms with Gasteiger partial charge in [-0.25, -0.2) is 0 Å². The molecule has 1 aliphatic rings. The lowest BCUT2D eigenvalue weighted by Crippen LogP contribution is -2.25. The highest BCUT2D eigenvalue weighted by molar-refractivity contribution is 9.10. The Kier molecular flexibility index (Phi) is 5.28. The molecule has 0 spiro atoms. The van der Waals surface area contributed by atoms with E-state index in [1.54, 1.807) is 7.11 Å². The Morgan fingerprint density at radius 3 is 2.79 bits per heavy atom. The number of hydrogen-bond donors (Lipinski definition) is 1. The molecular weight excluding hydrogens is 304 g/mol. The van der Waals surface area contributed by atoms with Crippen LogP contribution in [0, 0.1) is 11.8 Å². The Bertz CT molecular complexity index is 419. The van der Waals surface area contributed by atoms with E-state index in [4.69, 9.17) is 4.74 Å². The van der Waals surface area contributed by atoms with Crippen LogP contribution in [-0.2, 0) is 0 Å². The number of methoxy groups -OCH3 is 1. The van der Waals surface area contributed by atoms with E-state index in [1.807, 2.05) is 18.2 Å². The van der Waals surface area contributed by atoms with Crippen LogP contribution in [-0.4, -0.2) is 12.2 Å². The first-order valence-corrected chi connectivity index (χ1v) is 7.98. The van der Waals surface area contributed by atoms with E-state index in [-0.39, 0.29) is 0 Å². The van der Waals surface area contributed by atoms with Crippen LogP contribution in [0.2, 0.25) is 0 Å². The summed E-state index contributed by atoms with van der Waals surface area (Å²) in [5.74, 6) is 1.78. The van der Waals surface area contributed by atoms with Gasteiger partial charge < -0.3 is 9.84 Å². The molecule has 2 rings (SSSR count). The Balaban J connectivity index is 2.26. The lowest BCUT2D eigenvalue weighted by molar-refractivity contribution is 0.0434. The van der Waals surface area contributed by atoms with Gasteiger partial charge in [0.05, 0.1) is 13.2 Å². The Morgan fingerprint density at radius 1 is 1.37 bits per heavy atom. The molecule has 0 saturated heterocycles. The van der Waals surface area contributed by atoms with E-state index in [9.17, 15) is 5.11 Å². The summed E-state index contributed by atoms with van der Waals surface area (Å²) in [6, 6.07) is 5.87. The van der Waals surface area contributed by atoms with Crippen molar-refractivity contribution < 1.29 is 9.84 Å². The highest BCUT2D eigenvalue weighted by atomic mass is 79.9. The van der Waals surface area contributed by atoms with Crippen LogP contribution in [0.15, 0.2) is 22.7 Å². The molecule has 0 amide bonds. The predicted octanol–water partition coefficient (Wildman–Crippen LogP) is 4.71. The third kappa shape index (κ3) is 3.32. The molecule has 0 bridgehead atoms. The van der Waals surface area contributed by atoms with Crippen molar-refractivity contribution in [2.24, 2.45) is 11.8 Å². The van der Waals surface area contributed by atoms with Gasteiger partial charge >= 0.3 is 0 Å². The van der Waals surface area contributed by atoms with E-state index < -0.39 is 6.10 Å². The van der Waals surface area contributed by atoms with E-state index in [0.29, 0.717) is 11.8 Å². The summed E-state index contributed by atoms with van der Waals surface area (Å²) in [5, 5.41) is 10.8. The Morgan fingerprint density at radius 2 is 2.11 bits per heavy atom. The van der Waals surface area contributed by atoms with Gasteiger partial charge in [-0.3, -0.25) is 0 Å². The van der Waals surface area contributed by atoms with Crippen molar-refractivity contribution in [1.29, 1.82) is 0 Å². The van der Waals surface area contributed by atoms with Crippen molar-refractivity contribution in [2.75, 3.05) is 7.11 Å². The zero-order valence-electron chi connectivity index (χ0n) is 11.7. The summed E-state index contributed by atoms with van der Waals surface area (Å²) in [6.45, 7) is 2.23. The van der Waals surface area contributed by atoms with Crippen molar-refractivity contribution >= 4 is 15.9 Å². The average molecular weight is 327 g/mol. The fourth-order valence-electron chi connectivity index (χ4n) is 3.33. The van der Waals surface area contributed by atoms with E-state index in [2.05, 4.69) is 22.9 Å². The maximum absolute atomic E-state index is 10.8. The minimum absolute atomic E-state index is 0.363. The number of rotatable bonds is 4. The molecular formula is C16H23BrO2. The van der Waals surface area contributed by atoms with Crippen LogP contribution in [0.4, 0.5) is 0 Å². The van der Waals surface area contributed by atoms with Crippen LogP contribution in [0.25, 0.3) is 0 Å². The van der Waals surface area contributed by atoms with Crippen LogP contribution in [0.1, 0.15) is 50.7 Å². The molecule has 3 unspecified atom stereocenters. The maximum Gasteiger partial charge on any atom is 0.124 e. The van der Waals surface area contributed by atoms with Gasteiger partial charge in [0.2, 0.25) is 0 Å². The summed E-state index contributed by atoms with van der Waals surface area (Å²) in [6.07, 6.45) is 5.63. The van der Waals surface area contributed by atoms with Crippen molar-refractivity contribution in [3.05, 3.63) is 28.2 Å². The largest absolute Gasteiger partial charge is 0.496 e. The van der Waals surface area contributed by atoms with Crippen molar-refractivity contribution in [2.45, 2.75) is 45.1 Å². The zero-order valence-corrected chi connectivity index (χ0v) is 13.3. The predicted molar refractivity (Wildman–Crippen MR) is 81.4 cm³/mol. The molecule has 2 nitrogen and oxygen atoms in total. The molecule has 1 N–H and O–H groups in total. The first kappa shape index (κ1) is 14.9. The van der Waals surface area contributed by atoms with Crippen LogP contribution in [0.3, 0.4) is 0 Å². The molecule has 0 aliphatic heterocycles. The van der Waals surface area contributed by atoms with Crippen LogP contribution < -0.4 is 4.74 Å². The zero-order chi connectivity index (χ0) is 13.8. The third-order valence-electron chi connectivity index (χ3n) is 4.41. The second kappa shape index (κ2) is 6.76. The molecule has 0 radical (unpaired) electrons. The number of aliphatic hydroxyl groups is 1. The average Bonchev–Trinajstić information content (AvgIpc) is 2.46. The minimum Gasteiger partial charge on any atom is -0.496 e.